The van der Waals surface area contributed by atoms with Crippen LogP contribution < -0.4 is 0 Å². The minimum absolute atomic E-state index is 0.0340. The van der Waals surface area contributed by atoms with Crippen LogP contribution in [0.25, 0.3) is 0 Å². The van der Waals surface area contributed by atoms with Gasteiger partial charge in [-0.05, 0) is 12.8 Å². The van der Waals surface area contributed by atoms with Crippen molar-refractivity contribution in [1.29, 1.82) is 0 Å². The van der Waals surface area contributed by atoms with Crippen molar-refractivity contribution in [2.24, 2.45) is 0 Å². The van der Waals surface area contributed by atoms with Crippen LogP contribution in [0.4, 0.5) is 0 Å². The molecule has 0 bridgehead atoms. The first-order valence-electron chi connectivity index (χ1n) is 5.73. The summed E-state index contributed by atoms with van der Waals surface area (Å²) >= 11 is 0. The van der Waals surface area contributed by atoms with Crippen LogP contribution in [-0.4, -0.2) is 48.6 Å². The summed E-state index contributed by atoms with van der Waals surface area (Å²) in [7, 11) is 0. The average molecular weight is 248 g/mol. The Bertz CT molecular complexity index is 194. The second-order valence-corrected chi connectivity index (χ2v) is 3.45. The molecule has 0 amide bonds. The van der Waals surface area contributed by atoms with Crippen LogP contribution in [0.5, 0.6) is 0 Å². The molecule has 0 aromatic rings. The predicted octanol–water partition coefficient (Wildman–Crippen LogP) is 0.00790. The van der Waals surface area contributed by atoms with E-state index < -0.39 is 0 Å². The highest BCUT2D eigenvalue weighted by molar-refractivity contribution is 5.69. The number of esters is 2. The van der Waals surface area contributed by atoms with E-state index in [0.29, 0.717) is 25.7 Å². The lowest BCUT2D eigenvalue weighted by molar-refractivity contribution is -0.145. The van der Waals surface area contributed by atoms with E-state index in [2.05, 4.69) is 9.47 Å². The largest absolute Gasteiger partial charge is 0.463 e. The molecule has 0 heterocycles. The number of carbonyl (C=O) groups excluding carboxylic acids is 2. The van der Waals surface area contributed by atoms with E-state index in [9.17, 15) is 9.59 Å². The van der Waals surface area contributed by atoms with Gasteiger partial charge in [0.2, 0.25) is 0 Å². The van der Waals surface area contributed by atoms with Gasteiger partial charge in [-0.15, -0.1) is 0 Å². The molecule has 0 radical (unpaired) electrons. The maximum Gasteiger partial charge on any atom is 0.305 e. The number of hydrogen-bond donors (Lipinski definition) is 2. The molecule has 17 heavy (non-hydrogen) atoms. The normalized spacial score (nSPS) is 10.0. The van der Waals surface area contributed by atoms with Crippen LogP contribution in [0.1, 0.15) is 32.1 Å². The number of ether oxygens (including phenoxy) is 2. The molecule has 0 rings (SSSR count). The Morgan fingerprint density at radius 2 is 1.18 bits per heavy atom. The topological polar surface area (TPSA) is 93.1 Å². The first kappa shape index (κ1) is 15.9. The molecule has 0 saturated carbocycles. The Labute approximate surface area is 101 Å². The van der Waals surface area contributed by atoms with E-state index in [1.54, 1.807) is 0 Å². The molecule has 0 atom stereocenters. The SMILES string of the molecule is O=C(CCCCCC(=O)OCCO)OCCO. The highest BCUT2D eigenvalue weighted by Crippen LogP contribution is 2.05. The zero-order valence-electron chi connectivity index (χ0n) is 9.89. The molecule has 0 aromatic heterocycles. The summed E-state index contributed by atoms with van der Waals surface area (Å²) in [6, 6.07) is 0. The van der Waals surface area contributed by atoms with Crippen LogP contribution in [0.15, 0.2) is 0 Å². The Morgan fingerprint density at radius 3 is 1.53 bits per heavy atom. The average Bonchev–Trinajstić information content (AvgIpc) is 2.33. The minimum Gasteiger partial charge on any atom is -0.463 e. The van der Waals surface area contributed by atoms with E-state index >= 15 is 0 Å². The summed E-state index contributed by atoms with van der Waals surface area (Å²) in [5.41, 5.74) is 0. The fraction of sp³-hybridized carbons (Fsp3) is 0.818. The van der Waals surface area contributed by atoms with E-state index in [4.69, 9.17) is 10.2 Å². The van der Waals surface area contributed by atoms with Gasteiger partial charge in [-0.25, -0.2) is 0 Å². The van der Waals surface area contributed by atoms with Gasteiger partial charge in [-0.3, -0.25) is 9.59 Å². The molecule has 0 aliphatic rings. The quantitative estimate of drug-likeness (QED) is 0.418. The van der Waals surface area contributed by atoms with Gasteiger partial charge in [0.1, 0.15) is 13.2 Å². The van der Waals surface area contributed by atoms with Crippen molar-refractivity contribution < 1.29 is 29.3 Å². The molecule has 0 unspecified atom stereocenters. The maximum absolute atomic E-state index is 11.0. The number of hydrogen-bond acceptors (Lipinski definition) is 6. The second kappa shape index (κ2) is 11.3. The molecule has 0 aliphatic carbocycles. The van der Waals surface area contributed by atoms with Gasteiger partial charge in [0.25, 0.3) is 0 Å². The van der Waals surface area contributed by atoms with Gasteiger partial charge >= 0.3 is 11.9 Å². The fourth-order valence-corrected chi connectivity index (χ4v) is 1.18. The molecule has 0 fully saturated rings. The molecule has 0 saturated heterocycles. The van der Waals surface area contributed by atoms with E-state index in [1.807, 2.05) is 0 Å². The number of unbranched alkanes of at least 4 members (excludes halogenated alkanes) is 2. The highest BCUT2D eigenvalue weighted by Gasteiger charge is 2.04. The Kier molecular flexibility index (Phi) is 10.6. The second-order valence-electron chi connectivity index (χ2n) is 3.45. The van der Waals surface area contributed by atoms with E-state index in [-0.39, 0.29) is 38.4 Å². The molecule has 100 valence electrons. The van der Waals surface area contributed by atoms with E-state index in [0.717, 1.165) is 6.42 Å². The molecule has 0 aromatic carbocycles. The van der Waals surface area contributed by atoms with Crippen LogP contribution in [0, 0.1) is 0 Å². The van der Waals surface area contributed by atoms with Crippen molar-refractivity contribution in [3.63, 3.8) is 0 Å². The van der Waals surface area contributed by atoms with Crippen LogP contribution >= 0.6 is 0 Å². The zero-order valence-corrected chi connectivity index (χ0v) is 9.89. The molecule has 0 aliphatic heterocycles. The fourth-order valence-electron chi connectivity index (χ4n) is 1.18. The molecule has 6 heteroatoms. The summed E-state index contributed by atoms with van der Waals surface area (Å²) in [5.74, 6) is -0.663. The van der Waals surface area contributed by atoms with Crippen molar-refractivity contribution >= 4 is 11.9 Å². The lowest BCUT2D eigenvalue weighted by Gasteiger charge is -2.03. The summed E-state index contributed by atoms with van der Waals surface area (Å²) < 4.78 is 9.33. The third-order valence-electron chi connectivity index (χ3n) is 1.97. The van der Waals surface area contributed by atoms with Crippen LogP contribution in [0.3, 0.4) is 0 Å². The number of rotatable bonds is 10. The van der Waals surface area contributed by atoms with Gasteiger partial charge in [0, 0.05) is 12.8 Å². The minimum atomic E-state index is -0.332. The lowest BCUT2D eigenvalue weighted by Crippen LogP contribution is -2.09. The predicted molar refractivity (Wildman–Crippen MR) is 59.2 cm³/mol. The van der Waals surface area contributed by atoms with Gasteiger partial charge < -0.3 is 19.7 Å². The smallest absolute Gasteiger partial charge is 0.305 e. The maximum atomic E-state index is 11.0. The monoisotopic (exact) mass is 248 g/mol. The number of aliphatic hydroxyl groups excluding tert-OH is 2. The van der Waals surface area contributed by atoms with Crippen LogP contribution in [-0.2, 0) is 19.1 Å². The molecular formula is C11H20O6. The third-order valence-corrected chi connectivity index (χ3v) is 1.97. The molecule has 2 N–H and O–H groups in total. The first-order valence-corrected chi connectivity index (χ1v) is 5.73. The summed E-state index contributed by atoms with van der Waals surface area (Å²) in [4.78, 5) is 22.0. The third kappa shape index (κ3) is 11.1. The zero-order chi connectivity index (χ0) is 12.9. The van der Waals surface area contributed by atoms with Gasteiger partial charge in [0.15, 0.2) is 0 Å². The van der Waals surface area contributed by atoms with E-state index in [1.165, 1.54) is 0 Å². The van der Waals surface area contributed by atoms with Gasteiger partial charge in [0.05, 0.1) is 13.2 Å². The lowest BCUT2D eigenvalue weighted by atomic mass is 10.1. The van der Waals surface area contributed by atoms with Crippen molar-refractivity contribution in [2.45, 2.75) is 32.1 Å². The summed E-state index contributed by atoms with van der Waals surface area (Å²) in [6.45, 7) is -0.260. The molecule has 0 spiro atoms. The van der Waals surface area contributed by atoms with Crippen molar-refractivity contribution in [3.05, 3.63) is 0 Å². The number of carbonyl (C=O) groups is 2. The van der Waals surface area contributed by atoms with Crippen LogP contribution in [0.2, 0.25) is 0 Å². The Balaban J connectivity index is 3.28. The highest BCUT2D eigenvalue weighted by atomic mass is 16.5. The Morgan fingerprint density at radius 1 is 0.765 bits per heavy atom. The standard InChI is InChI=1S/C11H20O6/c12-6-8-16-10(14)4-2-1-3-5-11(15)17-9-7-13/h12-13H,1-9H2. The van der Waals surface area contributed by atoms with Crippen molar-refractivity contribution in [2.75, 3.05) is 26.4 Å². The van der Waals surface area contributed by atoms with Gasteiger partial charge in [-0.1, -0.05) is 6.42 Å². The first-order chi connectivity index (χ1) is 8.20. The Hall–Kier alpha value is -1.14. The number of aliphatic hydroxyl groups is 2. The summed E-state index contributed by atoms with van der Waals surface area (Å²) in [6.07, 6.45) is 2.63. The molecule has 6 nitrogen and oxygen atoms in total. The molecular weight excluding hydrogens is 228 g/mol. The van der Waals surface area contributed by atoms with Crippen molar-refractivity contribution in [3.8, 4) is 0 Å². The van der Waals surface area contributed by atoms with Crippen molar-refractivity contribution in [1.82, 2.24) is 0 Å². The van der Waals surface area contributed by atoms with Gasteiger partial charge in [-0.2, -0.15) is 0 Å². The summed E-state index contributed by atoms with van der Waals surface area (Å²) in [5, 5.41) is 16.8.